The van der Waals surface area contributed by atoms with E-state index in [4.69, 9.17) is 14.7 Å². The highest BCUT2D eigenvalue weighted by molar-refractivity contribution is 5.75. The number of likely N-dealkylation sites (tertiary alicyclic amines) is 1. The molecule has 2 fully saturated rings. The quantitative estimate of drug-likeness (QED) is 0.746. The van der Waals surface area contributed by atoms with E-state index in [0.29, 0.717) is 11.8 Å². The summed E-state index contributed by atoms with van der Waals surface area (Å²) in [6.45, 7) is 2.28. The molecule has 154 valence electrons. The van der Waals surface area contributed by atoms with Crippen molar-refractivity contribution in [1.29, 1.82) is 0 Å². The normalized spacial score (nSPS) is 25.8. The van der Waals surface area contributed by atoms with Crippen molar-refractivity contribution in [2.24, 2.45) is 11.8 Å². The Balaban J connectivity index is 1.41. The molecule has 29 heavy (non-hydrogen) atoms. The second-order valence-electron chi connectivity index (χ2n) is 8.96. The van der Waals surface area contributed by atoms with Crippen molar-refractivity contribution in [3.05, 3.63) is 35.6 Å². The summed E-state index contributed by atoms with van der Waals surface area (Å²) in [7, 11) is 3.69. The lowest BCUT2D eigenvalue weighted by atomic mass is 9.78. The highest BCUT2D eigenvalue weighted by atomic mass is 16.5. The minimum absolute atomic E-state index is 0.0503. The maximum Gasteiger partial charge on any atom is 0.308 e. The Kier molecular flexibility index (Phi) is 4.90. The van der Waals surface area contributed by atoms with E-state index in [1.807, 2.05) is 6.20 Å². The molecule has 1 saturated heterocycles. The molecule has 0 N–H and O–H groups in total. The van der Waals surface area contributed by atoms with Crippen LogP contribution in [0.15, 0.2) is 18.5 Å². The fourth-order valence-corrected chi connectivity index (χ4v) is 5.45. The van der Waals surface area contributed by atoms with Gasteiger partial charge in [0.15, 0.2) is 5.65 Å². The summed E-state index contributed by atoms with van der Waals surface area (Å²) in [6.07, 6.45) is 13.7. The van der Waals surface area contributed by atoms with Crippen LogP contribution in [0.5, 0.6) is 0 Å². The molecule has 0 radical (unpaired) electrons. The fourth-order valence-electron chi connectivity index (χ4n) is 5.45. The minimum atomic E-state index is -0.0503. The summed E-state index contributed by atoms with van der Waals surface area (Å²) >= 11 is 0. The molecule has 0 unspecified atom stereocenters. The molecule has 3 heterocycles. The zero-order chi connectivity index (χ0) is 20.0. The minimum Gasteiger partial charge on any atom is -0.469 e. The molecule has 3 aliphatic rings. The maximum absolute atomic E-state index is 11.9. The first kappa shape index (κ1) is 18.8. The van der Waals surface area contributed by atoms with Crippen LogP contribution in [0.3, 0.4) is 0 Å². The van der Waals surface area contributed by atoms with Gasteiger partial charge in [-0.2, -0.15) is 0 Å². The number of hydrogen-bond acceptors (Lipinski definition) is 5. The van der Waals surface area contributed by atoms with Crippen molar-refractivity contribution >= 4 is 17.2 Å². The summed E-state index contributed by atoms with van der Waals surface area (Å²) in [5.41, 5.74) is 6.02. The molecular formula is C23H30N4O2. The highest BCUT2D eigenvalue weighted by Crippen LogP contribution is 2.42. The molecule has 5 rings (SSSR count). The Morgan fingerprint density at radius 3 is 2.59 bits per heavy atom. The van der Waals surface area contributed by atoms with Gasteiger partial charge >= 0.3 is 5.97 Å². The summed E-state index contributed by atoms with van der Waals surface area (Å²) < 4.78 is 7.25. The van der Waals surface area contributed by atoms with Gasteiger partial charge in [0.2, 0.25) is 0 Å². The van der Waals surface area contributed by atoms with Gasteiger partial charge in [-0.3, -0.25) is 14.2 Å². The van der Waals surface area contributed by atoms with E-state index in [1.165, 1.54) is 36.9 Å². The lowest BCUT2D eigenvalue weighted by molar-refractivity contribution is -0.146. The number of methoxy groups -OCH3 is 1. The Morgan fingerprint density at radius 2 is 1.86 bits per heavy atom. The van der Waals surface area contributed by atoms with Crippen LogP contribution in [0.2, 0.25) is 0 Å². The van der Waals surface area contributed by atoms with Gasteiger partial charge in [0, 0.05) is 18.5 Å². The van der Waals surface area contributed by atoms with Crippen LogP contribution in [-0.2, 0) is 16.0 Å². The summed E-state index contributed by atoms with van der Waals surface area (Å²) in [6, 6.07) is 0. The summed E-state index contributed by atoms with van der Waals surface area (Å²) in [4.78, 5) is 24.0. The van der Waals surface area contributed by atoms with Crippen LogP contribution in [0.25, 0.3) is 11.2 Å². The highest BCUT2D eigenvalue weighted by Gasteiger charge is 2.32. The molecule has 1 saturated carbocycles. The number of carbonyl (C=O) groups excluding carboxylic acids is 1. The third-order valence-electron chi connectivity index (χ3n) is 7.23. The molecule has 0 spiro atoms. The molecule has 0 atom stereocenters. The van der Waals surface area contributed by atoms with Gasteiger partial charge in [-0.25, -0.2) is 4.98 Å². The van der Waals surface area contributed by atoms with Crippen LogP contribution < -0.4 is 0 Å². The van der Waals surface area contributed by atoms with Gasteiger partial charge in [0.25, 0.3) is 0 Å². The Morgan fingerprint density at radius 1 is 1.10 bits per heavy atom. The number of allylic oxidation sites excluding steroid dienone is 2. The first-order valence-corrected chi connectivity index (χ1v) is 11.0. The number of nitrogens with zero attached hydrogens (tertiary/aromatic N) is 4. The third-order valence-corrected chi connectivity index (χ3v) is 7.23. The van der Waals surface area contributed by atoms with Gasteiger partial charge in [-0.05, 0) is 70.2 Å². The van der Waals surface area contributed by atoms with Crippen LogP contribution >= 0.6 is 0 Å². The molecule has 0 amide bonds. The molecular weight excluding hydrogens is 364 g/mol. The Hall–Kier alpha value is -2.21. The summed E-state index contributed by atoms with van der Waals surface area (Å²) in [5, 5.41) is 0. The molecule has 0 aromatic carbocycles. The fraction of sp³-hybridized carbons (Fsp3) is 0.609. The van der Waals surface area contributed by atoms with Gasteiger partial charge < -0.3 is 9.64 Å². The second kappa shape index (κ2) is 7.56. The van der Waals surface area contributed by atoms with Crippen molar-refractivity contribution in [1.82, 2.24) is 19.3 Å². The Bertz CT molecular complexity index is 947. The number of carbonyl (C=O) groups is 1. The van der Waals surface area contributed by atoms with E-state index < -0.39 is 0 Å². The molecule has 6 heteroatoms. The first-order chi connectivity index (χ1) is 14.1. The molecule has 2 aromatic rings. The van der Waals surface area contributed by atoms with E-state index >= 15 is 0 Å². The predicted molar refractivity (Wildman–Crippen MR) is 112 cm³/mol. The molecule has 6 nitrogen and oxygen atoms in total. The van der Waals surface area contributed by atoms with Crippen molar-refractivity contribution in [3.8, 4) is 0 Å². The number of fused-ring (bicyclic) bond motifs is 3. The lowest BCUT2D eigenvalue weighted by Gasteiger charge is -2.28. The molecule has 2 aliphatic carbocycles. The first-order valence-electron chi connectivity index (χ1n) is 11.0. The monoisotopic (exact) mass is 394 g/mol. The van der Waals surface area contributed by atoms with Crippen molar-refractivity contribution in [2.75, 3.05) is 27.2 Å². The van der Waals surface area contributed by atoms with E-state index in [1.54, 1.807) is 0 Å². The number of aromatic nitrogens is 3. The van der Waals surface area contributed by atoms with Crippen LogP contribution in [-0.4, -0.2) is 52.5 Å². The molecule has 1 aliphatic heterocycles. The largest absolute Gasteiger partial charge is 0.469 e. The topological polar surface area (TPSA) is 59.7 Å². The standard InChI is InChI=1S/C23H30N4O2/c1-26-11-9-16(10-12-26)20-14-27-21(25-20)13-24-19-8-7-18(22(19)27)15-3-5-17(6-4-15)23(28)29-2/h7,13-17H,3-6,8-12H2,1-2H3. The molecule has 2 aromatic heterocycles. The van der Waals surface area contributed by atoms with E-state index in [2.05, 4.69) is 28.6 Å². The van der Waals surface area contributed by atoms with E-state index in [-0.39, 0.29) is 11.9 Å². The van der Waals surface area contributed by atoms with Gasteiger partial charge in [0.05, 0.1) is 36.3 Å². The number of hydrogen-bond donors (Lipinski definition) is 0. The smallest absolute Gasteiger partial charge is 0.308 e. The average Bonchev–Trinajstić information content (AvgIpc) is 3.37. The summed E-state index contributed by atoms with van der Waals surface area (Å²) in [5.74, 6) is 1.06. The van der Waals surface area contributed by atoms with E-state index in [0.717, 1.165) is 56.5 Å². The van der Waals surface area contributed by atoms with Crippen LogP contribution in [0, 0.1) is 11.8 Å². The Labute approximate surface area is 172 Å². The third kappa shape index (κ3) is 3.37. The van der Waals surface area contributed by atoms with E-state index in [9.17, 15) is 4.79 Å². The number of ether oxygens (including phenoxy) is 1. The van der Waals surface area contributed by atoms with Crippen molar-refractivity contribution < 1.29 is 9.53 Å². The average molecular weight is 395 g/mol. The SMILES string of the molecule is COC(=O)C1CCC(C2=CCc3ncc4nc(C5CCN(C)CC5)cn4c32)CC1. The zero-order valence-electron chi connectivity index (χ0n) is 17.4. The van der Waals surface area contributed by atoms with Gasteiger partial charge in [-0.1, -0.05) is 6.08 Å². The van der Waals surface area contributed by atoms with Gasteiger partial charge in [-0.15, -0.1) is 0 Å². The van der Waals surface area contributed by atoms with Crippen LogP contribution in [0.1, 0.15) is 61.5 Å². The number of piperidine rings is 1. The number of rotatable bonds is 3. The number of imidazole rings is 1. The lowest BCUT2D eigenvalue weighted by Crippen LogP contribution is -2.29. The molecule has 0 bridgehead atoms. The van der Waals surface area contributed by atoms with Crippen molar-refractivity contribution in [2.45, 2.75) is 50.9 Å². The maximum atomic E-state index is 11.9. The van der Waals surface area contributed by atoms with Gasteiger partial charge in [0.1, 0.15) is 0 Å². The second-order valence-corrected chi connectivity index (χ2v) is 8.96. The van der Waals surface area contributed by atoms with Crippen molar-refractivity contribution in [3.63, 3.8) is 0 Å². The van der Waals surface area contributed by atoms with Crippen LogP contribution in [0.4, 0.5) is 0 Å². The predicted octanol–water partition coefficient (Wildman–Crippen LogP) is 3.46. The zero-order valence-corrected chi connectivity index (χ0v) is 17.4. The number of esters is 1.